The molecule has 3 rings (SSSR count). The number of halogens is 2. The fourth-order valence-electron chi connectivity index (χ4n) is 2.54. The van der Waals surface area contributed by atoms with E-state index in [0.29, 0.717) is 21.5 Å². The Labute approximate surface area is 182 Å². The number of nitrogens with one attached hydrogen (secondary N) is 1. The first-order valence-corrected chi connectivity index (χ1v) is 9.61. The van der Waals surface area contributed by atoms with Gasteiger partial charge in [0.2, 0.25) is 11.0 Å². The molecular formula is C19H15Cl2N3O4S. The Kier molecular flexibility index (Phi) is 6.36. The molecule has 1 saturated heterocycles. The van der Waals surface area contributed by atoms with E-state index in [1.54, 1.807) is 48.5 Å². The van der Waals surface area contributed by atoms with Crippen LogP contribution >= 0.6 is 35.4 Å². The van der Waals surface area contributed by atoms with Gasteiger partial charge in [-0.25, -0.2) is 0 Å². The summed E-state index contributed by atoms with van der Waals surface area (Å²) < 4.78 is 5.54. The van der Waals surface area contributed by atoms with Crippen molar-refractivity contribution in [3.05, 3.63) is 58.6 Å². The molecule has 0 radical (unpaired) electrons. The molecule has 2 aromatic carbocycles. The lowest BCUT2D eigenvalue weighted by Gasteiger charge is -2.35. The molecule has 0 bridgehead atoms. The van der Waals surface area contributed by atoms with E-state index >= 15 is 0 Å². The third-order valence-electron chi connectivity index (χ3n) is 4.00. The van der Waals surface area contributed by atoms with Gasteiger partial charge in [-0.15, -0.1) is 0 Å². The second-order valence-electron chi connectivity index (χ2n) is 6.06. The number of hydrogen-bond acceptors (Lipinski definition) is 5. The number of anilines is 1. The molecule has 1 unspecified atom stereocenters. The molecule has 0 aromatic heterocycles. The van der Waals surface area contributed by atoms with Gasteiger partial charge in [-0.3, -0.25) is 24.7 Å². The summed E-state index contributed by atoms with van der Waals surface area (Å²) in [5.74, 6) is -1.47. The summed E-state index contributed by atoms with van der Waals surface area (Å²) in [6.45, 7) is 1.50. The van der Waals surface area contributed by atoms with Crippen LogP contribution in [0.2, 0.25) is 10.0 Å². The summed E-state index contributed by atoms with van der Waals surface area (Å²) in [6, 6.07) is 13.0. The van der Waals surface area contributed by atoms with Crippen LogP contribution < -0.4 is 15.1 Å². The van der Waals surface area contributed by atoms with E-state index in [4.69, 9.17) is 40.2 Å². The standard InChI is InChI=1S/C19H15Cl2N3O4S/c1-11(28-15-5-3-2-4-14(15)21)18(27)22-24-17(26)10-16(25)23(19(24)29)13-8-6-12(20)7-9-13/h2-9,11H,10H2,1H3,(H,22,27). The van der Waals surface area contributed by atoms with Crippen molar-refractivity contribution in [2.75, 3.05) is 4.90 Å². The van der Waals surface area contributed by atoms with Crippen LogP contribution in [0.1, 0.15) is 13.3 Å². The first kappa shape index (κ1) is 21.0. The van der Waals surface area contributed by atoms with Crippen molar-refractivity contribution in [2.45, 2.75) is 19.4 Å². The van der Waals surface area contributed by atoms with E-state index in [1.807, 2.05) is 0 Å². The minimum absolute atomic E-state index is 0.174. The number of hydrogen-bond donors (Lipinski definition) is 1. The molecule has 1 aliphatic heterocycles. The van der Waals surface area contributed by atoms with Crippen molar-refractivity contribution >= 4 is 63.9 Å². The molecule has 3 amide bonds. The molecule has 1 heterocycles. The van der Waals surface area contributed by atoms with Gasteiger partial charge >= 0.3 is 0 Å². The zero-order valence-corrected chi connectivity index (χ0v) is 17.4. The number of amides is 3. The fraction of sp³-hybridized carbons (Fsp3) is 0.158. The van der Waals surface area contributed by atoms with Crippen LogP contribution in [0.5, 0.6) is 5.75 Å². The summed E-state index contributed by atoms with van der Waals surface area (Å²) in [5, 5.41) is 1.51. The normalized spacial score (nSPS) is 15.3. The highest BCUT2D eigenvalue weighted by molar-refractivity contribution is 7.80. The lowest BCUT2D eigenvalue weighted by Crippen LogP contribution is -2.62. The second-order valence-corrected chi connectivity index (χ2v) is 7.27. The number of thiocarbonyl (C=S) groups is 1. The highest BCUT2D eigenvalue weighted by atomic mass is 35.5. The Morgan fingerprint density at radius 2 is 1.76 bits per heavy atom. The van der Waals surface area contributed by atoms with Crippen molar-refractivity contribution in [3.63, 3.8) is 0 Å². The third-order valence-corrected chi connectivity index (χ3v) is 4.93. The zero-order chi connectivity index (χ0) is 21.1. The van der Waals surface area contributed by atoms with Gasteiger partial charge in [0.25, 0.3) is 11.8 Å². The molecule has 1 atom stereocenters. The summed E-state index contributed by atoms with van der Waals surface area (Å²) >= 11 is 17.2. The molecule has 29 heavy (non-hydrogen) atoms. The van der Waals surface area contributed by atoms with E-state index in [9.17, 15) is 14.4 Å². The van der Waals surface area contributed by atoms with E-state index in [-0.39, 0.29) is 5.11 Å². The number of para-hydroxylation sites is 1. The average Bonchev–Trinajstić information content (AvgIpc) is 2.68. The number of carbonyl (C=O) groups is 3. The minimum Gasteiger partial charge on any atom is -0.479 e. The summed E-state index contributed by atoms with van der Waals surface area (Å²) in [4.78, 5) is 38.4. The molecule has 10 heteroatoms. The third kappa shape index (κ3) is 4.67. The Hall–Kier alpha value is -2.68. The maximum atomic E-state index is 12.5. The van der Waals surface area contributed by atoms with Crippen molar-refractivity contribution in [3.8, 4) is 5.75 Å². The molecule has 0 saturated carbocycles. The van der Waals surface area contributed by atoms with Gasteiger partial charge in [0, 0.05) is 5.02 Å². The topological polar surface area (TPSA) is 79.0 Å². The van der Waals surface area contributed by atoms with Gasteiger partial charge in [-0.1, -0.05) is 35.3 Å². The van der Waals surface area contributed by atoms with Gasteiger partial charge < -0.3 is 4.74 Å². The van der Waals surface area contributed by atoms with Gasteiger partial charge in [0.05, 0.1) is 10.7 Å². The number of ether oxygens (including phenoxy) is 1. The monoisotopic (exact) mass is 451 g/mol. The Morgan fingerprint density at radius 3 is 2.41 bits per heavy atom. The minimum atomic E-state index is -0.980. The molecule has 2 aromatic rings. The smallest absolute Gasteiger partial charge is 0.279 e. The van der Waals surface area contributed by atoms with Gasteiger partial charge in [0.1, 0.15) is 12.2 Å². The molecule has 1 fully saturated rings. The van der Waals surface area contributed by atoms with Crippen LogP contribution in [0.4, 0.5) is 5.69 Å². The first-order valence-electron chi connectivity index (χ1n) is 8.45. The van der Waals surface area contributed by atoms with E-state index in [0.717, 1.165) is 9.91 Å². The largest absolute Gasteiger partial charge is 0.479 e. The number of benzene rings is 2. The maximum Gasteiger partial charge on any atom is 0.279 e. The van der Waals surface area contributed by atoms with E-state index < -0.39 is 30.2 Å². The summed E-state index contributed by atoms with van der Waals surface area (Å²) in [5.41, 5.74) is 2.83. The van der Waals surface area contributed by atoms with E-state index in [1.165, 1.54) is 6.92 Å². The molecular weight excluding hydrogens is 437 g/mol. The van der Waals surface area contributed by atoms with Gasteiger partial charge in [-0.2, -0.15) is 5.01 Å². The summed E-state index contributed by atoms with van der Waals surface area (Å²) in [7, 11) is 0. The van der Waals surface area contributed by atoms with Crippen molar-refractivity contribution in [2.24, 2.45) is 0 Å². The molecule has 0 spiro atoms. The van der Waals surface area contributed by atoms with Crippen LogP contribution in [0.25, 0.3) is 0 Å². The number of rotatable bonds is 5. The molecule has 0 aliphatic carbocycles. The molecule has 1 aliphatic rings. The highest BCUT2D eigenvalue weighted by Crippen LogP contribution is 2.25. The number of hydrazine groups is 1. The number of carbonyl (C=O) groups excluding carboxylic acids is 3. The van der Waals surface area contributed by atoms with Crippen LogP contribution in [0, 0.1) is 0 Å². The fourth-order valence-corrected chi connectivity index (χ4v) is 3.20. The SMILES string of the molecule is CC(Oc1ccccc1Cl)C(=O)NN1C(=O)CC(=O)N(c2ccc(Cl)cc2)C1=S. The Balaban J connectivity index is 1.74. The predicted molar refractivity (Wildman–Crippen MR) is 113 cm³/mol. The highest BCUT2D eigenvalue weighted by Gasteiger charge is 2.37. The molecule has 1 N–H and O–H groups in total. The predicted octanol–water partition coefficient (Wildman–Crippen LogP) is 3.34. The summed E-state index contributed by atoms with van der Waals surface area (Å²) in [6.07, 6.45) is -1.44. The first-order chi connectivity index (χ1) is 13.8. The lowest BCUT2D eigenvalue weighted by molar-refractivity contribution is -0.142. The average molecular weight is 452 g/mol. The second kappa shape index (κ2) is 8.77. The van der Waals surface area contributed by atoms with Gasteiger partial charge in [0.15, 0.2) is 6.10 Å². The van der Waals surface area contributed by atoms with Crippen LogP contribution in [0.3, 0.4) is 0 Å². The quantitative estimate of drug-likeness (QED) is 0.556. The van der Waals surface area contributed by atoms with Crippen LogP contribution in [-0.4, -0.2) is 33.9 Å². The molecule has 7 nitrogen and oxygen atoms in total. The number of nitrogens with zero attached hydrogens (tertiary/aromatic N) is 2. The van der Waals surface area contributed by atoms with Crippen molar-refractivity contribution in [1.82, 2.24) is 10.4 Å². The van der Waals surface area contributed by atoms with Gasteiger partial charge in [-0.05, 0) is 55.5 Å². The Morgan fingerprint density at radius 1 is 1.10 bits per heavy atom. The maximum absolute atomic E-state index is 12.5. The van der Waals surface area contributed by atoms with Crippen LogP contribution in [-0.2, 0) is 14.4 Å². The lowest BCUT2D eigenvalue weighted by atomic mass is 10.2. The van der Waals surface area contributed by atoms with Crippen molar-refractivity contribution in [1.29, 1.82) is 0 Å². The molecule has 150 valence electrons. The Bertz CT molecular complexity index is 984. The van der Waals surface area contributed by atoms with Crippen molar-refractivity contribution < 1.29 is 19.1 Å². The zero-order valence-electron chi connectivity index (χ0n) is 15.1. The van der Waals surface area contributed by atoms with Crippen LogP contribution in [0.15, 0.2) is 48.5 Å². The van der Waals surface area contributed by atoms with E-state index in [2.05, 4.69) is 5.43 Å².